The van der Waals surface area contributed by atoms with Crippen molar-refractivity contribution in [3.8, 4) is 0 Å². The molecule has 0 aliphatic heterocycles. The molecule has 2 N–H and O–H groups in total. The van der Waals surface area contributed by atoms with E-state index in [2.05, 4.69) is 31.4 Å². The first-order valence-corrected chi connectivity index (χ1v) is 5.62. The van der Waals surface area contributed by atoms with E-state index in [1.165, 1.54) is 0 Å². The van der Waals surface area contributed by atoms with Gasteiger partial charge in [0, 0.05) is 25.0 Å². The van der Waals surface area contributed by atoms with E-state index in [0.717, 1.165) is 31.8 Å². The van der Waals surface area contributed by atoms with Crippen LogP contribution in [0.5, 0.6) is 0 Å². The van der Waals surface area contributed by atoms with E-state index in [-0.39, 0.29) is 5.54 Å². The van der Waals surface area contributed by atoms with Crippen molar-refractivity contribution in [2.75, 3.05) is 19.6 Å². The van der Waals surface area contributed by atoms with Crippen molar-refractivity contribution in [2.45, 2.75) is 32.7 Å². The minimum absolute atomic E-state index is 0.165. The van der Waals surface area contributed by atoms with E-state index >= 15 is 0 Å². The number of likely N-dealkylation sites (N-methyl/N-ethyl adjacent to an activating group) is 1. The maximum atomic E-state index is 5.26. The number of rotatable bonds is 7. The molecule has 0 aliphatic rings. The zero-order valence-electron chi connectivity index (χ0n) is 9.97. The monoisotopic (exact) mass is 210 g/mol. The minimum atomic E-state index is 0.165. The first kappa shape index (κ1) is 12.3. The smallest absolute Gasteiger partial charge is 0.105 e. The van der Waals surface area contributed by atoms with E-state index in [9.17, 15) is 0 Å². The van der Waals surface area contributed by atoms with Gasteiger partial charge in [0.15, 0.2) is 0 Å². The van der Waals surface area contributed by atoms with Crippen LogP contribution in [-0.4, -0.2) is 25.2 Å². The normalized spacial score (nSPS) is 11.9. The molecule has 0 aromatic carbocycles. The highest BCUT2D eigenvalue weighted by Crippen LogP contribution is 2.01. The predicted octanol–water partition coefficient (Wildman–Crippen LogP) is 1.80. The second-order valence-corrected chi connectivity index (χ2v) is 4.42. The molecule has 3 nitrogen and oxygen atoms in total. The molecular formula is C12H22N2O. The molecule has 0 atom stereocenters. The van der Waals surface area contributed by atoms with Gasteiger partial charge in [-0.1, -0.05) is 6.92 Å². The van der Waals surface area contributed by atoms with Crippen molar-refractivity contribution in [1.29, 1.82) is 0 Å². The summed E-state index contributed by atoms with van der Waals surface area (Å²) in [6, 6.07) is 3.94. The third-order valence-electron chi connectivity index (χ3n) is 2.35. The molecule has 0 saturated carbocycles. The Morgan fingerprint density at radius 2 is 2.20 bits per heavy atom. The predicted molar refractivity (Wildman–Crippen MR) is 63.0 cm³/mol. The quantitative estimate of drug-likeness (QED) is 0.674. The van der Waals surface area contributed by atoms with Crippen LogP contribution in [0, 0.1) is 0 Å². The molecule has 3 heteroatoms. The van der Waals surface area contributed by atoms with Crippen molar-refractivity contribution >= 4 is 0 Å². The van der Waals surface area contributed by atoms with Gasteiger partial charge in [-0.25, -0.2) is 0 Å². The highest BCUT2D eigenvalue weighted by atomic mass is 16.3. The number of furan rings is 1. The van der Waals surface area contributed by atoms with Crippen LogP contribution in [0.4, 0.5) is 0 Å². The summed E-state index contributed by atoms with van der Waals surface area (Å²) in [5, 5.41) is 6.86. The van der Waals surface area contributed by atoms with Crippen LogP contribution in [0.3, 0.4) is 0 Å². The number of hydrogen-bond acceptors (Lipinski definition) is 3. The molecule has 15 heavy (non-hydrogen) atoms. The van der Waals surface area contributed by atoms with Crippen molar-refractivity contribution in [2.24, 2.45) is 0 Å². The molecule has 0 bridgehead atoms. The van der Waals surface area contributed by atoms with E-state index in [1.54, 1.807) is 6.26 Å². The summed E-state index contributed by atoms with van der Waals surface area (Å²) in [4.78, 5) is 0. The molecular weight excluding hydrogens is 188 g/mol. The maximum Gasteiger partial charge on any atom is 0.105 e. The Kier molecular flexibility index (Phi) is 4.85. The first-order chi connectivity index (χ1) is 7.14. The molecule has 0 unspecified atom stereocenters. The average Bonchev–Trinajstić information content (AvgIpc) is 2.65. The molecule has 1 aromatic rings. The van der Waals surface area contributed by atoms with E-state index < -0.39 is 0 Å². The summed E-state index contributed by atoms with van der Waals surface area (Å²) in [5.41, 5.74) is 0.165. The van der Waals surface area contributed by atoms with Gasteiger partial charge in [-0.05, 0) is 32.5 Å². The molecule has 0 fully saturated rings. The molecule has 0 aliphatic carbocycles. The van der Waals surface area contributed by atoms with Gasteiger partial charge in [0.1, 0.15) is 5.76 Å². The molecule has 86 valence electrons. The lowest BCUT2D eigenvalue weighted by molar-refractivity contribution is 0.372. The Balaban J connectivity index is 2.11. The molecule has 1 rings (SSSR count). The van der Waals surface area contributed by atoms with E-state index in [1.807, 2.05) is 12.1 Å². The molecule has 1 aromatic heterocycles. The van der Waals surface area contributed by atoms with Crippen LogP contribution in [-0.2, 0) is 6.42 Å². The second kappa shape index (κ2) is 5.93. The lowest BCUT2D eigenvalue weighted by Gasteiger charge is -2.26. The van der Waals surface area contributed by atoms with Crippen molar-refractivity contribution in [3.05, 3.63) is 24.2 Å². The van der Waals surface area contributed by atoms with Crippen LogP contribution in [0.25, 0.3) is 0 Å². The van der Waals surface area contributed by atoms with Crippen LogP contribution in [0.15, 0.2) is 22.8 Å². The third-order valence-corrected chi connectivity index (χ3v) is 2.35. The van der Waals surface area contributed by atoms with Gasteiger partial charge in [0.25, 0.3) is 0 Å². The highest BCUT2D eigenvalue weighted by Gasteiger charge is 2.14. The van der Waals surface area contributed by atoms with Crippen molar-refractivity contribution < 1.29 is 4.42 Å². The summed E-state index contributed by atoms with van der Waals surface area (Å²) in [5.74, 6) is 1.05. The molecule has 0 spiro atoms. The summed E-state index contributed by atoms with van der Waals surface area (Å²) >= 11 is 0. The Morgan fingerprint density at radius 3 is 2.80 bits per heavy atom. The number of hydrogen-bond donors (Lipinski definition) is 2. The van der Waals surface area contributed by atoms with Crippen LogP contribution in [0.2, 0.25) is 0 Å². The van der Waals surface area contributed by atoms with Gasteiger partial charge in [-0.15, -0.1) is 0 Å². The maximum absolute atomic E-state index is 5.26. The first-order valence-electron chi connectivity index (χ1n) is 5.62. The molecule has 0 radical (unpaired) electrons. The van der Waals surface area contributed by atoms with Crippen molar-refractivity contribution in [1.82, 2.24) is 10.6 Å². The second-order valence-electron chi connectivity index (χ2n) is 4.42. The zero-order chi connectivity index (χ0) is 11.1. The zero-order valence-corrected chi connectivity index (χ0v) is 9.97. The van der Waals surface area contributed by atoms with Gasteiger partial charge in [0.2, 0.25) is 0 Å². The highest BCUT2D eigenvalue weighted by molar-refractivity contribution is 4.98. The Hall–Kier alpha value is -0.800. The van der Waals surface area contributed by atoms with E-state index in [4.69, 9.17) is 4.42 Å². The molecule has 0 amide bonds. The fraction of sp³-hybridized carbons (Fsp3) is 0.667. The van der Waals surface area contributed by atoms with Gasteiger partial charge in [-0.2, -0.15) is 0 Å². The van der Waals surface area contributed by atoms with Crippen LogP contribution in [0.1, 0.15) is 26.5 Å². The van der Waals surface area contributed by atoms with Gasteiger partial charge in [0.05, 0.1) is 6.26 Å². The summed E-state index contributed by atoms with van der Waals surface area (Å²) in [7, 11) is 0. The fourth-order valence-corrected chi connectivity index (χ4v) is 1.61. The van der Waals surface area contributed by atoms with Gasteiger partial charge >= 0.3 is 0 Å². The Morgan fingerprint density at radius 1 is 1.40 bits per heavy atom. The van der Waals surface area contributed by atoms with Gasteiger partial charge in [-0.3, -0.25) is 0 Å². The summed E-state index contributed by atoms with van der Waals surface area (Å²) in [6.07, 6.45) is 2.67. The Labute approximate surface area is 92.2 Å². The fourth-order valence-electron chi connectivity index (χ4n) is 1.61. The summed E-state index contributed by atoms with van der Waals surface area (Å²) < 4.78 is 5.26. The van der Waals surface area contributed by atoms with Gasteiger partial charge < -0.3 is 15.1 Å². The van der Waals surface area contributed by atoms with Crippen LogP contribution < -0.4 is 10.6 Å². The Bertz CT molecular complexity index is 255. The molecule has 0 saturated heterocycles. The standard InChI is InChI=1S/C12H22N2O/c1-4-14-12(2,3)10-13-8-7-11-6-5-9-15-11/h5-6,9,13-14H,4,7-8,10H2,1-3H3. The average molecular weight is 210 g/mol. The van der Waals surface area contributed by atoms with Crippen LogP contribution >= 0.6 is 0 Å². The lowest BCUT2D eigenvalue weighted by Crippen LogP contribution is -2.47. The van der Waals surface area contributed by atoms with E-state index in [0.29, 0.717) is 0 Å². The summed E-state index contributed by atoms with van der Waals surface area (Å²) in [6.45, 7) is 9.48. The van der Waals surface area contributed by atoms with Crippen molar-refractivity contribution in [3.63, 3.8) is 0 Å². The lowest BCUT2D eigenvalue weighted by atomic mass is 10.1. The third kappa shape index (κ3) is 5.00. The molecule has 1 heterocycles. The minimum Gasteiger partial charge on any atom is -0.469 e. The largest absolute Gasteiger partial charge is 0.469 e. The topological polar surface area (TPSA) is 37.2 Å². The SMILES string of the molecule is CCNC(C)(C)CNCCc1ccco1. The number of nitrogens with one attached hydrogen (secondary N) is 2.